The first-order valence-corrected chi connectivity index (χ1v) is 15.4. The predicted octanol–water partition coefficient (Wildman–Crippen LogP) is 5.61. The molecule has 0 aliphatic heterocycles. The number of aromatic nitrogens is 1. The third-order valence-electron chi connectivity index (χ3n) is 8.19. The quantitative estimate of drug-likeness (QED) is 0.118. The van der Waals surface area contributed by atoms with Gasteiger partial charge in [0.25, 0.3) is 11.7 Å². The molecule has 2 heterocycles. The van der Waals surface area contributed by atoms with Crippen molar-refractivity contribution in [2.24, 2.45) is 5.73 Å². The third-order valence-corrected chi connectivity index (χ3v) is 8.19. The number of carbonyl (C=O) groups excluding carboxylic acids is 4. The molecular formula is C36H38N2O7. The van der Waals surface area contributed by atoms with Crippen LogP contribution in [0.5, 0.6) is 5.75 Å². The van der Waals surface area contributed by atoms with Crippen molar-refractivity contribution in [3.8, 4) is 16.9 Å². The summed E-state index contributed by atoms with van der Waals surface area (Å²) in [6.07, 6.45) is 5.36. The minimum Gasteiger partial charge on any atom is -0.477 e. The summed E-state index contributed by atoms with van der Waals surface area (Å²) in [5.41, 5.74) is 10.7. The largest absolute Gasteiger partial charge is 0.477 e. The van der Waals surface area contributed by atoms with Crippen molar-refractivity contribution >= 4 is 29.1 Å². The van der Waals surface area contributed by atoms with Crippen LogP contribution in [-0.4, -0.2) is 46.8 Å². The Labute approximate surface area is 262 Å². The van der Waals surface area contributed by atoms with E-state index in [0.29, 0.717) is 23.9 Å². The number of ketones is 1. The number of rotatable bonds is 13. The highest BCUT2D eigenvalue weighted by atomic mass is 16.6. The molecule has 0 spiro atoms. The molecule has 0 saturated heterocycles. The Hall–Kier alpha value is -4.92. The van der Waals surface area contributed by atoms with Crippen LogP contribution in [-0.2, 0) is 36.7 Å². The van der Waals surface area contributed by atoms with Crippen molar-refractivity contribution in [3.05, 3.63) is 95.3 Å². The second-order valence-electron chi connectivity index (χ2n) is 11.2. The molecule has 2 N–H and O–H groups in total. The molecule has 1 atom stereocenters. The number of ether oxygens (including phenoxy) is 3. The average molecular weight is 611 g/mol. The van der Waals surface area contributed by atoms with Crippen LogP contribution in [0, 0.1) is 0 Å². The first kappa shape index (κ1) is 31.5. The maximum Gasteiger partial charge on any atom is 0.347 e. The molecule has 1 fully saturated rings. The summed E-state index contributed by atoms with van der Waals surface area (Å²) in [5.74, 6) is -2.76. The number of Topliss-reactive ketones (excluding diaryl/α,β-unsaturated/α-hetero) is 1. The number of hydrogen-bond donors (Lipinski definition) is 1. The van der Waals surface area contributed by atoms with Gasteiger partial charge in [0.15, 0.2) is 6.10 Å². The Balaban J connectivity index is 1.43. The van der Waals surface area contributed by atoms with Gasteiger partial charge in [-0.05, 0) is 73.4 Å². The maximum atomic E-state index is 13.3. The van der Waals surface area contributed by atoms with Crippen molar-refractivity contribution < 1.29 is 33.4 Å². The fraction of sp³-hybridized carbons (Fsp3) is 0.333. The van der Waals surface area contributed by atoms with Crippen molar-refractivity contribution in [2.45, 2.75) is 71.0 Å². The Morgan fingerprint density at radius 1 is 0.956 bits per heavy atom. The summed E-state index contributed by atoms with van der Waals surface area (Å²) >= 11 is 0. The number of nitrogens with zero attached hydrogens (tertiary/aromatic N) is 1. The van der Waals surface area contributed by atoms with Gasteiger partial charge in [0.05, 0.1) is 17.5 Å². The molecule has 1 amide bonds. The van der Waals surface area contributed by atoms with Crippen LogP contribution in [0.25, 0.3) is 16.6 Å². The molecule has 2 aromatic heterocycles. The van der Waals surface area contributed by atoms with Crippen molar-refractivity contribution in [2.75, 3.05) is 6.61 Å². The molecule has 4 aromatic rings. The second kappa shape index (κ2) is 14.2. The maximum absolute atomic E-state index is 13.3. The molecule has 1 unspecified atom stereocenters. The van der Waals surface area contributed by atoms with Gasteiger partial charge in [-0.2, -0.15) is 0 Å². The lowest BCUT2D eigenvalue weighted by atomic mass is 9.94. The molecule has 1 saturated carbocycles. The van der Waals surface area contributed by atoms with E-state index in [4.69, 9.17) is 19.9 Å². The van der Waals surface area contributed by atoms with E-state index >= 15 is 0 Å². The van der Waals surface area contributed by atoms with Crippen LogP contribution >= 0.6 is 0 Å². The fourth-order valence-corrected chi connectivity index (χ4v) is 6.02. The first-order valence-electron chi connectivity index (χ1n) is 15.4. The standard InChI is InChI=1S/C36H38N2O7/c1-3-27-29(22-25-14-7-10-17-28(25)24-12-5-4-6-13-24)38-20-11-18-30(33(38)32(27)34(40)35(37)41)44-23(2)36(42)43-21-19-31(39)45-26-15-8-9-16-26/h4-7,10-14,17-18,20,23,26H,3,8-9,15-16,19,21-22H2,1-2H3,(H2,37,41). The van der Waals surface area contributed by atoms with E-state index in [-0.39, 0.29) is 30.4 Å². The Morgan fingerprint density at radius 3 is 2.38 bits per heavy atom. The number of amides is 1. The monoisotopic (exact) mass is 610 g/mol. The van der Waals surface area contributed by atoms with Crippen LogP contribution in [0.4, 0.5) is 0 Å². The zero-order valence-corrected chi connectivity index (χ0v) is 25.6. The zero-order chi connectivity index (χ0) is 31.9. The smallest absolute Gasteiger partial charge is 0.347 e. The number of nitrogens with two attached hydrogens (primary N) is 1. The number of primary amides is 1. The van der Waals surface area contributed by atoms with E-state index in [1.54, 1.807) is 18.3 Å². The lowest BCUT2D eigenvalue weighted by Gasteiger charge is -2.16. The molecule has 5 rings (SSSR count). The van der Waals surface area contributed by atoms with E-state index in [1.165, 1.54) is 6.92 Å². The predicted molar refractivity (Wildman–Crippen MR) is 169 cm³/mol. The summed E-state index contributed by atoms with van der Waals surface area (Å²) in [5, 5.41) is 0. The van der Waals surface area contributed by atoms with Crippen molar-refractivity contribution in [3.63, 3.8) is 0 Å². The van der Waals surface area contributed by atoms with Gasteiger partial charge in [0.2, 0.25) is 0 Å². The fourth-order valence-electron chi connectivity index (χ4n) is 6.02. The third kappa shape index (κ3) is 7.09. The molecule has 234 valence electrons. The van der Waals surface area contributed by atoms with E-state index in [2.05, 4.69) is 6.07 Å². The summed E-state index contributed by atoms with van der Waals surface area (Å²) in [7, 11) is 0. The Bertz CT molecular complexity index is 1700. The molecule has 0 radical (unpaired) electrons. The lowest BCUT2D eigenvalue weighted by molar-refractivity contribution is -0.155. The number of esters is 2. The van der Waals surface area contributed by atoms with Crippen molar-refractivity contribution in [1.82, 2.24) is 4.40 Å². The first-order chi connectivity index (χ1) is 21.8. The summed E-state index contributed by atoms with van der Waals surface area (Å²) in [6, 6.07) is 21.5. The van der Waals surface area contributed by atoms with Gasteiger partial charge in [-0.1, -0.05) is 61.5 Å². The Kier molecular flexibility index (Phi) is 9.97. The number of carbonyl (C=O) groups is 4. The lowest BCUT2D eigenvalue weighted by Crippen LogP contribution is -2.28. The van der Waals surface area contributed by atoms with Crippen LogP contribution < -0.4 is 10.5 Å². The number of fused-ring (bicyclic) bond motifs is 1. The van der Waals surface area contributed by atoms with Gasteiger partial charge < -0.3 is 24.3 Å². The summed E-state index contributed by atoms with van der Waals surface area (Å²) in [6.45, 7) is 3.31. The number of benzene rings is 2. The minimum absolute atomic E-state index is 0.0474. The average Bonchev–Trinajstić information content (AvgIpc) is 3.67. The highest BCUT2D eigenvalue weighted by Gasteiger charge is 2.29. The van der Waals surface area contributed by atoms with Gasteiger partial charge in [-0.3, -0.25) is 14.4 Å². The highest BCUT2D eigenvalue weighted by Crippen LogP contribution is 2.35. The Morgan fingerprint density at radius 2 is 1.67 bits per heavy atom. The van der Waals surface area contributed by atoms with Gasteiger partial charge in [0, 0.05) is 18.3 Å². The van der Waals surface area contributed by atoms with E-state index < -0.39 is 29.7 Å². The molecular weight excluding hydrogens is 572 g/mol. The number of pyridine rings is 1. The topological polar surface area (TPSA) is 126 Å². The second-order valence-corrected chi connectivity index (χ2v) is 11.2. The van der Waals surface area contributed by atoms with Crippen LogP contribution in [0.3, 0.4) is 0 Å². The van der Waals surface area contributed by atoms with Crippen LogP contribution in [0.1, 0.15) is 73.1 Å². The normalized spacial score (nSPS) is 13.8. The SMILES string of the molecule is CCc1c(C(=O)C(N)=O)c2c(OC(C)C(=O)OCCC(=O)OC3CCCC3)cccn2c1Cc1ccccc1-c1ccccc1. The minimum atomic E-state index is -1.08. The van der Waals surface area contributed by atoms with Gasteiger partial charge in [-0.15, -0.1) is 0 Å². The van der Waals surface area contributed by atoms with Gasteiger partial charge in [0.1, 0.15) is 18.5 Å². The van der Waals surface area contributed by atoms with Gasteiger partial charge in [-0.25, -0.2) is 4.79 Å². The zero-order valence-electron chi connectivity index (χ0n) is 25.6. The highest BCUT2D eigenvalue weighted by molar-refractivity contribution is 6.44. The molecule has 0 bridgehead atoms. The number of hydrogen-bond acceptors (Lipinski definition) is 7. The van der Waals surface area contributed by atoms with E-state index in [9.17, 15) is 19.2 Å². The molecule has 1 aliphatic carbocycles. The summed E-state index contributed by atoms with van der Waals surface area (Å²) < 4.78 is 18.6. The molecule has 9 heteroatoms. The molecule has 2 aromatic carbocycles. The molecule has 1 aliphatic rings. The van der Waals surface area contributed by atoms with Crippen LogP contribution in [0.2, 0.25) is 0 Å². The molecule has 9 nitrogen and oxygen atoms in total. The molecule has 45 heavy (non-hydrogen) atoms. The van der Waals surface area contributed by atoms with Gasteiger partial charge >= 0.3 is 11.9 Å². The van der Waals surface area contributed by atoms with Crippen molar-refractivity contribution in [1.29, 1.82) is 0 Å². The summed E-state index contributed by atoms with van der Waals surface area (Å²) in [4.78, 5) is 50.5. The van der Waals surface area contributed by atoms with E-state index in [0.717, 1.165) is 48.1 Å². The van der Waals surface area contributed by atoms with E-state index in [1.807, 2.05) is 59.9 Å². The van der Waals surface area contributed by atoms with Crippen LogP contribution in [0.15, 0.2) is 72.9 Å².